The second kappa shape index (κ2) is 4.51. The molecule has 0 saturated heterocycles. The molecule has 8 nitrogen and oxygen atoms in total. The van der Waals surface area contributed by atoms with Gasteiger partial charge in [0.05, 0.1) is 11.5 Å². The highest BCUT2D eigenvalue weighted by atomic mass is 19.1. The van der Waals surface area contributed by atoms with Crippen molar-refractivity contribution in [1.82, 2.24) is 20.6 Å². The van der Waals surface area contributed by atoms with E-state index in [9.17, 15) is 14.5 Å². The molecule has 2 aromatic rings. The fourth-order valence-corrected chi connectivity index (χ4v) is 1.28. The fourth-order valence-electron chi connectivity index (χ4n) is 1.28. The molecule has 88 valence electrons. The average Bonchev–Trinajstić information content (AvgIpc) is 2.78. The number of hydrogen-bond donors (Lipinski definition) is 2. The van der Waals surface area contributed by atoms with E-state index >= 15 is 0 Å². The van der Waals surface area contributed by atoms with Gasteiger partial charge in [0.2, 0.25) is 5.82 Å². The van der Waals surface area contributed by atoms with Crippen molar-refractivity contribution in [3.63, 3.8) is 0 Å². The zero-order valence-corrected chi connectivity index (χ0v) is 8.42. The number of halogens is 1. The number of anilines is 1. The van der Waals surface area contributed by atoms with Crippen molar-refractivity contribution in [1.29, 1.82) is 0 Å². The quantitative estimate of drug-likeness (QED) is 0.603. The number of nitro benzene ring substituents is 1. The van der Waals surface area contributed by atoms with Gasteiger partial charge in [-0.25, -0.2) is 0 Å². The van der Waals surface area contributed by atoms with Gasteiger partial charge in [-0.15, -0.1) is 10.2 Å². The van der Waals surface area contributed by atoms with Crippen molar-refractivity contribution >= 4 is 11.4 Å². The van der Waals surface area contributed by atoms with Crippen molar-refractivity contribution in [3.05, 3.63) is 40.0 Å². The Morgan fingerprint density at radius 3 is 3.00 bits per heavy atom. The number of benzene rings is 1. The van der Waals surface area contributed by atoms with Crippen molar-refractivity contribution in [2.75, 3.05) is 5.32 Å². The number of tetrazole rings is 1. The molecule has 2 N–H and O–H groups in total. The molecule has 0 fully saturated rings. The number of H-pyrrole nitrogens is 1. The number of nitro groups is 1. The standard InChI is InChI=1S/C8H7FN6O2/c9-5-2-1-3-6(8(5)15(16)17)10-4-7-11-13-14-12-7/h1-3,10H,4H2,(H,11,12,13,14). The van der Waals surface area contributed by atoms with E-state index in [1.54, 1.807) is 0 Å². The number of aromatic nitrogens is 4. The Morgan fingerprint density at radius 1 is 1.53 bits per heavy atom. The molecular formula is C8H7FN6O2. The highest BCUT2D eigenvalue weighted by molar-refractivity contribution is 5.61. The molecule has 0 atom stereocenters. The van der Waals surface area contributed by atoms with Crippen LogP contribution in [0.2, 0.25) is 0 Å². The summed E-state index contributed by atoms with van der Waals surface area (Å²) in [5, 5.41) is 26.2. The maximum atomic E-state index is 13.2. The smallest absolute Gasteiger partial charge is 0.327 e. The molecule has 9 heteroatoms. The van der Waals surface area contributed by atoms with Crippen LogP contribution < -0.4 is 5.32 Å². The van der Waals surface area contributed by atoms with Crippen LogP contribution in [0.4, 0.5) is 15.8 Å². The van der Waals surface area contributed by atoms with Gasteiger partial charge in [0.1, 0.15) is 5.69 Å². The van der Waals surface area contributed by atoms with Crippen molar-refractivity contribution in [2.45, 2.75) is 6.54 Å². The molecule has 1 heterocycles. The van der Waals surface area contributed by atoms with Gasteiger partial charge >= 0.3 is 5.69 Å². The van der Waals surface area contributed by atoms with E-state index in [1.165, 1.54) is 12.1 Å². The van der Waals surface area contributed by atoms with Crippen LogP contribution in [0.1, 0.15) is 5.82 Å². The average molecular weight is 238 g/mol. The van der Waals surface area contributed by atoms with Crippen LogP contribution in [0.15, 0.2) is 18.2 Å². The zero-order valence-electron chi connectivity index (χ0n) is 8.42. The Bertz CT molecular complexity index is 529. The molecule has 0 spiro atoms. The predicted molar refractivity (Wildman–Crippen MR) is 54.6 cm³/mol. The summed E-state index contributed by atoms with van der Waals surface area (Å²) in [6, 6.07) is 3.81. The van der Waals surface area contributed by atoms with Gasteiger partial charge in [0.15, 0.2) is 5.82 Å². The summed E-state index contributed by atoms with van der Waals surface area (Å²) in [4.78, 5) is 9.90. The molecule has 2 rings (SSSR count). The minimum Gasteiger partial charge on any atom is -0.372 e. The normalized spacial score (nSPS) is 10.2. The number of nitrogens with zero attached hydrogens (tertiary/aromatic N) is 4. The van der Waals surface area contributed by atoms with Gasteiger partial charge in [-0.3, -0.25) is 10.1 Å². The molecule has 1 aromatic carbocycles. The summed E-state index contributed by atoms with van der Waals surface area (Å²) in [6.45, 7) is 0.112. The Hall–Kier alpha value is -2.58. The van der Waals surface area contributed by atoms with Crippen LogP contribution in [0.3, 0.4) is 0 Å². The lowest BCUT2D eigenvalue weighted by molar-refractivity contribution is -0.386. The molecule has 0 saturated carbocycles. The Kier molecular flexibility index (Phi) is 2.90. The fraction of sp³-hybridized carbons (Fsp3) is 0.125. The minimum absolute atomic E-state index is 0.0693. The van der Waals surface area contributed by atoms with Crippen LogP contribution in [-0.2, 0) is 6.54 Å². The van der Waals surface area contributed by atoms with Crippen LogP contribution in [0, 0.1) is 15.9 Å². The highest BCUT2D eigenvalue weighted by Crippen LogP contribution is 2.27. The third-order valence-electron chi connectivity index (χ3n) is 2.00. The first-order valence-corrected chi connectivity index (χ1v) is 4.57. The summed E-state index contributed by atoms with van der Waals surface area (Å²) < 4.78 is 13.2. The first kappa shape index (κ1) is 10.9. The minimum atomic E-state index is -0.895. The number of hydrogen-bond acceptors (Lipinski definition) is 6. The number of aromatic amines is 1. The summed E-state index contributed by atoms with van der Waals surface area (Å²) in [7, 11) is 0. The molecule has 0 aliphatic rings. The largest absolute Gasteiger partial charge is 0.372 e. The molecule has 0 aliphatic heterocycles. The van der Waals surface area contributed by atoms with Crippen LogP contribution in [0.5, 0.6) is 0 Å². The molecular weight excluding hydrogens is 231 g/mol. The summed E-state index contributed by atoms with van der Waals surface area (Å²) >= 11 is 0. The lowest BCUT2D eigenvalue weighted by Gasteiger charge is -2.04. The van der Waals surface area contributed by atoms with Gasteiger partial charge in [0, 0.05) is 0 Å². The molecule has 17 heavy (non-hydrogen) atoms. The monoisotopic (exact) mass is 238 g/mol. The van der Waals surface area contributed by atoms with Crippen molar-refractivity contribution < 1.29 is 9.31 Å². The Labute approximate surface area is 94.0 Å². The number of rotatable bonds is 4. The van der Waals surface area contributed by atoms with Gasteiger partial charge in [-0.1, -0.05) is 11.3 Å². The summed E-state index contributed by atoms with van der Waals surface area (Å²) in [5.41, 5.74) is -0.532. The van der Waals surface area contributed by atoms with Gasteiger partial charge in [-0.2, -0.15) is 9.60 Å². The van der Waals surface area contributed by atoms with Crippen LogP contribution >= 0.6 is 0 Å². The molecule has 0 bridgehead atoms. The van der Waals surface area contributed by atoms with E-state index in [1.807, 2.05) is 0 Å². The van der Waals surface area contributed by atoms with E-state index in [-0.39, 0.29) is 12.2 Å². The first-order chi connectivity index (χ1) is 8.18. The molecule has 0 aliphatic carbocycles. The zero-order chi connectivity index (χ0) is 12.3. The van der Waals surface area contributed by atoms with E-state index in [0.29, 0.717) is 5.82 Å². The van der Waals surface area contributed by atoms with Gasteiger partial charge in [-0.05, 0) is 12.1 Å². The summed E-state index contributed by atoms with van der Waals surface area (Å²) in [6.07, 6.45) is 0. The first-order valence-electron chi connectivity index (χ1n) is 4.57. The van der Waals surface area contributed by atoms with E-state index < -0.39 is 16.4 Å². The van der Waals surface area contributed by atoms with E-state index in [2.05, 4.69) is 25.9 Å². The second-order valence-electron chi connectivity index (χ2n) is 3.07. The molecule has 0 unspecified atom stereocenters. The predicted octanol–water partition coefficient (Wildman–Crippen LogP) is 0.859. The second-order valence-corrected chi connectivity index (χ2v) is 3.07. The third kappa shape index (κ3) is 2.33. The maximum Gasteiger partial charge on any atom is 0.327 e. The molecule has 0 amide bonds. The van der Waals surface area contributed by atoms with Crippen molar-refractivity contribution in [3.8, 4) is 0 Å². The van der Waals surface area contributed by atoms with E-state index in [4.69, 9.17) is 0 Å². The lowest BCUT2D eigenvalue weighted by atomic mass is 10.2. The van der Waals surface area contributed by atoms with Crippen LogP contribution in [-0.4, -0.2) is 25.5 Å². The molecule has 1 aromatic heterocycles. The highest BCUT2D eigenvalue weighted by Gasteiger charge is 2.19. The van der Waals surface area contributed by atoms with E-state index in [0.717, 1.165) is 6.07 Å². The molecule has 0 radical (unpaired) electrons. The maximum absolute atomic E-state index is 13.2. The Morgan fingerprint density at radius 2 is 2.35 bits per heavy atom. The summed E-state index contributed by atoms with van der Waals surface area (Å²) in [5.74, 6) is -0.573. The third-order valence-corrected chi connectivity index (χ3v) is 2.00. The van der Waals surface area contributed by atoms with Gasteiger partial charge < -0.3 is 5.32 Å². The topological polar surface area (TPSA) is 110 Å². The van der Waals surface area contributed by atoms with Gasteiger partial charge in [0.25, 0.3) is 0 Å². The SMILES string of the molecule is O=[N+]([O-])c1c(F)cccc1NCc1nn[nH]n1. The Balaban J connectivity index is 2.21. The van der Waals surface area contributed by atoms with Crippen molar-refractivity contribution in [2.24, 2.45) is 0 Å². The van der Waals surface area contributed by atoms with Crippen LogP contribution in [0.25, 0.3) is 0 Å². The number of para-hydroxylation sites is 1. The number of nitrogens with one attached hydrogen (secondary N) is 2. The lowest BCUT2D eigenvalue weighted by Crippen LogP contribution is -2.05.